The van der Waals surface area contributed by atoms with Crippen LogP contribution in [0.5, 0.6) is 0 Å². The average Bonchev–Trinajstić information content (AvgIpc) is 2.33. The lowest BCUT2D eigenvalue weighted by Gasteiger charge is -2.23. The van der Waals surface area contributed by atoms with Crippen LogP contribution in [0.25, 0.3) is 0 Å². The minimum atomic E-state index is 0.0628. The van der Waals surface area contributed by atoms with Crippen LogP contribution in [0.1, 0.15) is 24.0 Å². The van der Waals surface area contributed by atoms with E-state index in [9.17, 15) is 0 Å². The third kappa shape index (κ3) is 2.97. The van der Waals surface area contributed by atoms with E-state index < -0.39 is 0 Å². The summed E-state index contributed by atoms with van der Waals surface area (Å²) in [5.41, 5.74) is 2.10. The number of hydrogen-bond donors (Lipinski definition) is 2. The van der Waals surface area contributed by atoms with Gasteiger partial charge in [-0.2, -0.15) is 0 Å². The molecule has 2 N–H and O–H groups in total. The van der Waals surface area contributed by atoms with Crippen LogP contribution in [0.2, 0.25) is 5.02 Å². The number of nitrogens with one attached hydrogen (secondary N) is 1. The Kier molecular flexibility index (Phi) is 4.22. The lowest BCUT2D eigenvalue weighted by molar-refractivity contribution is 0.282. The van der Waals surface area contributed by atoms with E-state index in [1.807, 2.05) is 12.1 Å². The van der Waals surface area contributed by atoms with Crippen LogP contribution in [0.3, 0.4) is 0 Å². The molecule has 1 aliphatic rings. The van der Waals surface area contributed by atoms with E-state index in [4.69, 9.17) is 16.7 Å². The van der Waals surface area contributed by atoms with Crippen LogP contribution in [0.4, 0.5) is 0 Å². The van der Waals surface area contributed by atoms with Crippen LogP contribution < -0.4 is 5.32 Å². The normalized spacial score (nSPS) is 17.6. The minimum absolute atomic E-state index is 0.0628. The fraction of sp³-hybridized carbons (Fsp3) is 0.538. The molecule has 1 aliphatic heterocycles. The van der Waals surface area contributed by atoms with E-state index in [1.54, 1.807) is 0 Å². The van der Waals surface area contributed by atoms with Crippen LogP contribution in [0, 0.1) is 5.92 Å². The van der Waals surface area contributed by atoms with Gasteiger partial charge < -0.3 is 10.4 Å². The SMILES string of the molecule is OCc1ccc(CC2CCNCC2)c(Cl)c1. The predicted octanol–water partition coefficient (Wildman–Crippen LogP) is 2.37. The first-order valence-electron chi connectivity index (χ1n) is 5.88. The Hall–Kier alpha value is -0.570. The van der Waals surface area contributed by atoms with Gasteiger partial charge in [-0.1, -0.05) is 23.7 Å². The summed E-state index contributed by atoms with van der Waals surface area (Å²) in [6.45, 7) is 2.31. The van der Waals surface area contributed by atoms with Crippen LogP contribution in [-0.4, -0.2) is 18.2 Å². The molecule has 0 aliphatic carbocycles. The summed E-state index contributed by atoms with van der Waals surface area (Å²) in [7, 11) is 0. The highest BCUT2D eigenvalue weighted by molar-refractivity contribution is 6.31. The number of halogens is 1. The summed E-state index contributed by atoms with van der Waals surface area (Å²) in [6, 6.07) is 5.89. The second kappa shape index (κ2) is 5.67. The van der Waals surface area contributed by atoms with Crippen molar-refractivity contribution < 1.29 is 5.11 Å². The minimum Gasteiger partial charge on any atom is -0.392 e. The molecule has 1 heterocycles. The van der Waals surface area contributed by atoms with Crippen molar-refractivity contribution in [2.24, 2.45) is 5.92 Å². The molecule has 1 fully saturated rings. The van der Waals surface area contributed by atoms with Crippen molar-refractivity contribution >= 4 is 11.6 Å². The van der Waals surface area contributed by atoms with Crippen molar-refractivity contribution in [1.82, 2.24) is 5.32 Å². The maximum Gasteiger partial charge on any atom is 0.0682 e. The number of rotatable bonds is 3. The molecule has 0 unspecified atom stereocenters. The molecule has 2 nitrogen and oxygen atoms in total. The van der Waals surface area contributed by atoms with Gasteiger partial charge in [-0.05, 0) is 55.5 Å². The Morgan fingerprint density at radius 3 is 2.69 bits per heavy atom. The lowest BCUT2D eigenvalue weighted by Crippen LogP contribution is -2.28. The first kappa shape index (κ1) is 11.9. The first-order valence-corrected chi connectivity index (χ1v) is 6.26. The third-order valence-electron chi connectivity index (χ3n) is 3.27. The van der Waals surface area contributed by atoms with Gasteiger partial charge in [-0.3, -0.25) is 0 Å². The quantitative estimate of drug-likeness (QED) is 0.849. The fourth-order valence-electron chi connectivity index (χ4n) is 2.25. The lowest BCUT2D eigenvalue weighted by atomic mass is 9.91. The van der Waals surface area contributed by atoms with Crippen molar-refractivity contribution in [3.8, 4) is 0 Å². The number of aliphatic hydroxyl groups is 1. The van der Waals surface area contributed by atoms with Crippen LogP contribution in [-0.2, 0) is 13.0 Å². The Labute approximate surface area is 102 Å². The molecular formula is C13H18ClNO. The summed E-state index contributed by atoms with van der Waals surface area (Å²) in [5.74, 6) is 0.749. The molecule has 0 amide bonds. The number of piperidine rings is 1. The summed E-state index contributed by atoms with van der Waals surface area (Å²) in [4.78, 5) is 0. The van der Waals surface area contributed by atoms with Gasteiger partial charge in [0.15, 0.2) is 0 Å². The van der Waals surface area contributed by atoms with Crippen molar-refractivity contribution in [3.05, 3.63) is 34.3 Å². The molecule has 1 aromatic rings. The molecular weight excluding hydrogens is 222 g/mol. The predicted molar refractivity (Wildman–Crippen MR) is 66.7 cm³/mol. The zero-order chi connectivity index (χ0) is 11.4. The smallest absolute Gasteiger partial charge is 0.0682 e. The molecule has 0 bridgehead atoms. The monoisotopic (exact) mass is 239 g/mol. The van der Waals surface area contributed by atoms with E-state index in [1.165, 1.54) is 18.4 Å². The highest BCUT2D eigenvalue weighted by atomic mass is 35.5. The molecule has 0 aromatic heterocycles. The van der Waals surface area contributed by atoms with Gasteiger partial charge in [0, 0.05) is 5.02 Å². The summed E-state index contributed by atoms with van der Waals surface area (Å²) in [6.07, 6.45) is 3.53. The summed E-state index contributed by atoms with van der Waals surface area (Å²) >= 11 is 6.20. The van der Waals surface area contributed by atoms with E-state index in [2.05, 4.69) is 11.4 Å². The average molecular weight is 240 g/mol. The maximum atomic E-state index is 9.01. The number of hydrogen-bond acceptors (Lipinski definition) is 2. The van der Waals surface area contributed by atoms with Crippen LogP contribution in [0.15, 0.2) is 18.2 Å². The van der Waals surface area contributed by atoms with Crippen molar-refractivity contribution in [2.45, 2.75) is 25.9 Å². The molecule has 3 heteroatoms. The Morgan fingerprint density at radius 1 is 1.31 bits per heavy atom. The zero-order valence-corrected chi connectivity index (χ0v) is 10.1. The Bertz CT molecular complexity index is 348. The highest BCUT2D eigenvalue weighted by Gasteiger charge is 2.14. The van der Waals surface area contributed by atoms with E-state index >= 15 is 0 Å². The van der Waals surface area contributed by atoms with Crippen molar-refractivity contribution in [1.29, 1.82) is 0 Å². The van der Waals surface area contributed by atoms with Gasteiger partial charge in [-0.15, -0.1) is 0 Å². The van der Waals surface area contributed by atoms with E-state index in [0.717, 1.165) is 36.0 Å². The Morgan fingerprint density at radius 2 is 2.06 bits per heavy atom. The van der Waals surface area contributed by atoms with Gasteiger partial charge in [0.2, 0.25) is 0 Å². The topological polar surface area (TPSA) is 32.3 Å². The van der Waals surface area contributed by atoms with Gasteiger partial charge in [0.1, 0.15) is 0 Å². The molecule has 2 rings (SSSR count). The fourth-order valence-corrected chi connectivity index (χ4v) is 2.53. The maximum absolute atomic E-state index is 9.01. The highest BCUT2D eigenvalue weighted by Crippen LogP contribution is 2.24. The molecule has 0 atom stereocenters. The van der Waals surface area contributed by atoms with Gasteiger partial charge in [0.05, 0.1) is 6.61 Å². The molecule has 0 radical (unpaired) electrons. The molecule has 16 heavy (non-hydrogen) atoms. The van der Waals surface area contributed by atoms with E-state index in [0.29, 0.717) is 0 Å². The standard InChI is InChI=1S/C13H18ClNO/c14-13-8-11(9-16)1-2-12(13)7-10-3-5-15-6-4-10/h1-2,8,10,15-16H,3-7,9H2. The second-order valence-electron chi connectivity index (χ2n) is 4.48. The van der Waals surface area contributed by atoms with Crippen LogP contribution >= 0.6 is 11.6 Å². The molecule has 1 aromatic carbocycles. The molecule has 88 valence electrons. The molecule has 0 saturated carbocycles. The molecule has 1 saturated heterocycles. The third-order valence-corrected chi connectivity index (χ3v) is 3.62. The number of benzene rings is 1. The Balaban J connectivity index is 2.03. The largest absolute Gasteiger partial charge is 0.392 e. The van der Waals surface area contributed by atoms with Gasteiger partial charge in [-0.25, -0.2) is 0 Å². The van der Waals surface area contributed by atoms with E-state index in [-0.39, 0.29) is 6.61 Å². The van der Waals surface area contributed by atoms with Gasteiger partial charge in [0.25, 0.3) is 0 Å². The summed E-state index contributed by atoms with van der Waals surface area (Å²) in [5, 5.41) is 13.2. The number of aliphatic hydroxyl groups excluding tert-OH is 1. The summed E-state index contributed by atoms with van der Waals surface area (Å²) < 4.78 is 0. The van der Waals surface area contributed by atoms with Gasteiger partial charge >= 0.3 is 0 Å². The first-order chi connectivity index (χ1) is 7.79. The molecule has 0 spiro atoms. The zero-order valence-electron chi connectivity index (χ0n) is 9.38. The van der Waals surface area contributed by atoms with Crippen molar-refractivity contribution in [3.63, 3.8) is 0 Å². The van der Waals surface area contributed by atoms with Crippen molar-refractivity contribution in [2.75, 3.05) is 13.1 Å². The second-order valence-corrected chi connectivity index (χ2v) is 4.89.